The molecule has 1 aliphatic rings. The third kappa shape index (κ3) is 2.38. The van der Waals surface area contributed by atoms with E-state index in [9.17, 15) is 0 Å². The number of aromatic nitrogens is 3. The molecule has 2 aromatic heterocycles. The molecule has 22 heavy (non-hydrogen) atoms. The Morgan fingerprint density at radius 2 is 2.00 bits per heavy atom. The largest absolute Gasteiger partial charge is 0.307 e. The third-order valence-electron chi connectivity index (χ3n) is 4.15. The van der Waals surface area contributed by atoms with Crippen LogP contribution in [0.25, 0.3) is 16.9 Å². The average molecular weight is 313 g/mol. The fraction of sp³-hybridized carbons (Fsp3) is 0.294. The van der Waals surface area contributed by atoms with Crippen LogP contribution >= 0.6 is 11.6 Å². The number of rotatable bonds is 2. The van der Waals surface area contributed by atoms with Crippen molar-refractivity contribution in [3.63, 3.8) is 0 Å². The number of halogens is 1. The van der Waals surface area contributed by atoms with Crippen LogP contribution in [0.2, 0.25) is 5.02 Å². The summed E-state index contributed by atoms with van der Waals surface area (Å²) in [6.07, 6.45) is 5.39. The first kappa shape index (κ1) is 13.7. The van der Waals surface area contributed by atoms with Gasteiger partial charge in [-0.05, 0) is 55.8 Å². The van der Waals surface area contributed by atoms with Crippen LogP contribution in [0.3, 0.4) is 0 Å². The highest BCUT2D eigenvalue weighted by atomic mass is 35.5. The van der Waals surface area contributed by atoms with E-state index in [1.807, 2.05) is 42.6 Å². The van der Waals surface area contributed by atoms with Crippen LogP contribution in [0.15, 0.2) is 42.6 Å². The quantitative estimate of drug-likeness (QED) is 0.780. The summed E-state index contributed by atoms with van der Waals surface area (Å²) in [7, 11) is 0. The maximum Gasteiger partial charge on any atom is 0.164 e. The lowest BCUT2D eigenvalue weighted by Gasteiger charge is -2.23. The van der Waals surface area contributed by atoms with Gasteiger partial charge in [0.1, 0.15) is 11.3 Å². The van der Waals surface area contributed by atoms with Crippen LogP contribution < -0.4 is 5.32 Å². The van der Waals surface area contributed by atoms with Crippen molar-refractivity contribution in [3.05, 3.63) is 53.4 Å². The summed E-state index contributed by atoms with van der Waals surface area (Å²) in [4.78, 5) is 9.38. The number of nitrogens with zero attached hydrogens (tertiary/aromatic N) is 3. The highest BCUT2D eigenvalue weighted by Gasteiger charge is 2.23. The molecule has 1 N–H and O–H groups in total. The molecule has 4 rings (SSSR count). The van der Waals surface area contributed by atoms with Gasteiger partial charge in [0.25, 0.3) is 0 Å². The predicted octanol–water partition coefficient (Wildman–Crippen LogP) is 3.89. The molecule has 1 aliphatic heterocycles. The third-order valence-corrected chi connectivity index (χ3v) is 4.40. The molecule has 1 fully saturated rings. The Bertz CT molecular complexity index is 788. The molecule has 0 aliphatic carbocycles. The molecular weight excluding hydrogens is 296 g/mol. The first-order valence-corrected chi connectivity index (χ1v) is 8.03. The van der Waals surface area contributed by atoms with E-state index in [1.165, 1.54) is 12.8 Å². The smallest absolute Gasteiger partial charge is 0.164 e. The summed E-state index contributed by atoms with van der Waals surface area (Å²) >= 11 is 6.03. The zero-order valence-electron chi connectivity index (χ0n) is 12.2. The van der Waals surface area contributed by atoms with Gasteiger partial charge in [-0.25, -0.2) is 9.97 Å². The summed E-state index contributed by atoms with van der Waals surface area (Å²) in [6, 6.07) is 12.1. The average Bonchev–Trinajstić information content (AvgIpc) is 2.96. The Hall–Kier alpha value is -1.91. The Kier molecular flexibility index (Phi) is 3.56. The van der Waals surface area contributed by atoms with Gasteiger partial charge in [0.15, 0.2) is 5.65 Å². The molecule has 1 saturated heterocycles. The van der Waals surface area contributed by atoms with Gasteiger partial charge in [-0.2, -0.15) is 0 Å². The van der Waals surface area contributed by atoms with Crippen molar-refractivity contribution in [1.29, 1.82) is 0 Å². The van der Waals surface area contributed by atoms with E-state index in [4.69, 9.17) is 16.6 Å². The number of pyridine rings is 1. The van der Waals surface area contributed by atoms with Crippen molar-refractivity contribution in [2.24, 2.45) is 0 Å². The van der Waals surface area contributed by atoms with Gasteiger partial charge in [0.2, 0.25) is 0 Å². The molecule has 4 nitrogen and oxygen atoms in total. The van der Waals surface area contributed by atoms with E-state index in [0.29, 0.717) is 0 Å². The molecule has 1 atom stereocenters. The molecule has 0 saturated carbocycles. The molecule has 5 heteroatoms. The molecule has 3 aromatic rings. The Balaban J connectivity index is 1.91. The van der Waals surface area contributed by atoms with E-state index in [-0.39, 0.29) is 6.04 Å². The zero-order valence-corrected chi connectivity index (χ0v) is 12.9. The van der Waals surface area contributed by atoms with Crippen molar-refractivity contribution in [1.82, 2.24) is 19.9 Å². The minimum absolute atomic E-state index is 0.277. The summed E-state index contributed by atoms with van der Waals surface area (Å²) in [5.41, 5.74) is 2.87. The van der Waals surface area contributed by atoms with Gasteiger partial charge in [-0.1, -0.05) is 18.0 Å². The number of hydrogen-bond donors (Lipinski definition) is 1. The number of imidazole rings is 1. The monoisotopic (exact) mass is 312 g/mol. The van der Waals surface area contributed by atoms with Crippen molar-refractivity contribution >= 4 is 22.8 Å². The molecule has 0 bridgehead atoms. The molecule has 1 unspecified atom stereocenters. The molecule has 0 amide bonds. The lowest BCUT2D eigenvalue weighted by atomic mass is 10.0. The number of benzene rings is 1. The summed E-state index contributed by atoms with van der Waals surface area (Å²) in [6.45, 7) is 1.04. The van der Waals surface area contributed by atoms with Crippen LogP contribution in [-0.2, 0) is 0 Å². The van der Waals surface area contributed by atoms with Crippen molar-refractivity contribution in [2.45, 2.75) is 25.3 Å². The SMILES string of the molecule is Clc1ccc(-n2c(C3CCCCN3)nc3cccnc32)cc1. The Labute approximate surface area is 134 Å². The maximum absolute atomic E-state index is 6.03. The fourth-order valence-electron chi connectivity index (χ4n) is 3.08. The fourth-order valence-corrected chi connectivity index (χ4v) is 3.21. The van der Waals surface area contributed by atoms with E-state index < -0.39 is 0 Å². The van der Waals surface area contributed by atoms with Crippen molar-refractivity contribution in [3.8, 4) is 5.69 Å². The molecule has 112 valence electrons. The zero-order chi connectivity index (χ0) is 14.9. The van der Waals surface area contributed by atoms with E-state index >= 15 is 0 Å². The predicted molar refractivity (Wildman–Crippen MR) is 88.5 cm³/mol. The van der Waals surface area contributed by atoms with Crippen molar-refractivity contribution in [2.75, 3.05) is 6.54 Å². The first-order valence-electron chi connectivity index (χ1n) is 7.65. The molecular formula is C17H17ClN4. The number of nitrogens with one attached hydrogen (secondary N) is 1. The minimum atomic E-state index is 0.277. The maximum atomic E-state index is 6.03. The number of piperidine rings is 1. The van der Waals surface area contributed by atoms with Gasteiger partial charge >= 0.3 is 0 Å². The minimum Gasteiger partial charge on any atom is -0.307 e. The highest BCUT2D eigenvalue weighted by Crippen LogP contribution is 2.28. The van der Waals surface area contributed by atoms with Gasteiger partial charge in [-0.3, -0.25) is 4.57 Å². The van der Waals surface area contributed by atoms with Gasteiger partial charge < -0.3 is 5.32 Å². The van der Waals surface area contributed by atoms with Gasteiger partial charge in [-0.15, -0.1) is 0 Å². The van der Waals surface area contributed by atoms with Crippen LogP contribution in [0, 0.1) is 0 Å². The summed E-state index contributed by atoms with van der Waals surface area (Å²) in [5.74, 6) is 1.04. The van der Waals surface area contributed by atoms with E-state index in [0.717, 1.165) is 40.7 Å². The second-order valence-electron chi connectivity index (χ2n) is 5.63. The lowest BCUT2D eigenvalue weighted by Crippen LogP contribution is -2.29. The highest BCUT2D eigenvalue weighted by molar-refractivity contribution is 6.30. The topological polar surface area (TPSA) is 42.7 Å². The van der Waals surface area contributed by atoms with E-state index in [1.54, 1.807) is 0 Å². The summed E-state index contributed by atoms with van der Waals surface area (Å²) < 4.78 is 2.15. The Morgan fingerprint density at radius 1 is 1.14 bits per heavy atom. The van der Waals surface area contributed by atoms with Crippen LogP contribution in [0.5, 0.6) is 0 Å². The molecule has 0 spiro atoms. The molecule has 1 aromatic carbocycles. The van der Waals surface area contributed by atoms with Crippen LogP contribution in [0.1, 0.15) is 31.1 Å². The van der Waals surface area contributed by atoms with E-state index in [2.05, 4.69) is 14.9 Å². The lowest BCUT2D eigenvalue weighted by molar-refractivity contribution is 0.395. The number of fused-ring (bicyclic) bond motifs is 1. The first-order chi connectivity index (χ1) is 10.8. The van der Waals surface area contributed by atoms with Crippen molar-refractivity contribution < 1.29 is 0 Å². The Morgan fingerprint density at radius 3 is 2.77 bits per heavy atom. The standard InChI is InChI=1S/C17H17ClN4/c18-12-6-8-13(9-7-12)22-16-15(5-3-11-20-16)21-17(22)14-4-1-2-10-19-14/h3,5-9,11,14,19H,1-2,4,10H2. The molecule has 3 heterocycles. The second-order valence-corrected chi connectivity index (χ2v) is 6.07. The normalized spacial score (nSPS) is 18.7. The number of hydrogen-bond acceptors (Lipinski definition) is 3. The second kappa shape index (κ2) is 5.71. The summed E-state index contributed by atoms with van der Waals surface area (Å²) in [5, 5.41) is 4.32. The van der Waals surface area contributed by atoms with Crippen LogP contribution in [-0.4, -0.2) is 21.1 Å². The molecule has 0 radical (unpaired) electrons. The van der Waals surface area contributed by atoms with Gasteiger partial charge in [0.05, 0.1) is 6.04 Å². The van der Waals surface area contributed by atoms with Gasteiger partial charge in [0, 0.05) is 16.9 Å². The van der Waals surface area contributed by atoms with Crippen LogP contribution in [0.4, 0.5) is 0 Å².